The van der Waals surface area contributed by atoms with E-state index < -0.39 is 0 Å². The molecular formula is C20H24N4. The highest BCUT2D eigenvalue weighted by Gasteiger charge is 2.28. The minimum atomic E-state index is 0.487. The molecule has 3 aliphatic rings. The van der Waals surface area contributed by atoms with Crippen LogP contribution in [0.2, 0.25) is 0 Å². The summed E-state index contributed by atoms with van der Waals surface area (Å²) in [7, 11) is 0. The fourth-order valence-electron chi connectivity index (χ4n) is 3.88. The minimum Gasteiger partial charge on any atom is -0.342 e. The summed E-state index contributed by atoms with van der Waals surface area (Å²) in [4.78, 5) is 12.4. The van der Waals surface area contributed by atoms with Gasteiger partial charge in [0.25, 0.3) is 0 Å². The van der Waals surface area contributed by atoms with E-state index in [0.717, 1.165) is 36.5 Å². The number of nitrogens with one attached hydrogen (secondary N) is 2. The largest absolute Gasteiger partial charge is 0.342 e. The number of piperidine rings is 1. The van der Waals surface area contributed by atoms with E-state index in [4.69, 9.17) is 0 Å². The van der Waals surface area contributed by atoms with Crippen molar-refractivity contribution in [2.24, 2.45) is 0 Å². The highest BCUT2D eigenvalue weighted by molar-refractivity contribution is 5.54. The van der Waals surface area contributed by atoms with Crippen LogP contribution >= 0.6 is 0 Å². The first-order chi connectivity index (χ1) is 11.8. The Morgan fingerprint density at radius 3 is 2.83 bits per heavy atom. The van der Waals surface area contributed by atoms with Crippen LogP contribution in [0.3, 0.4) is 0 Å². The van der Waals surface area contributed by atoms with Crippen molar-refractivity contribution >= 4 is 0 Å². The Balaban J connectivity index is 1.45. The molecule has 1 fully saturated rings. The molecule has 0 aliphatic carbocycles. The van der Waals surface area contributed by atoms with E-state index in [2.05, 4.69) is 57.5 Å². The second kappa shape index (κ2) is 6.73. The summed E-state index contributed by atoms with van der Waals surface area (Å²) in [5.74, 6) is 1.59. The van der Waals surface area contributed by atoms with Crippen LogP contribution < -0.4 is 5.32 Å². The summed E-state index contributed by atoms with van der Waals surface area (Å²) in [6.45, 7) is 2.28. The van der Waals surface area contributed by atoms with Crippen LogP contribution in [-0.4, -0.2) is 27.0 Å². The number of aromatic amines is 1. The molecule has 0 saturated carbocycles. The van der Waals surface area contributed by atoms with Crippen molar-refractivity contribution in [3.05, 3.63) is 60.2 Å². The molecule has 1 saturated heterocycles. The van der Waals surface area contributed by atoms with E-state index in [0.29, 0.717) is 18.0 Å². The maximum atomic E-state index is 4.64. The molecule has 1 aromatic rings. The van der Waals surface area contributed by atoms with Gasteiger partial charge in [-0.3, -0.25) is 4.98 Å². The van der Waals surface area contributed by atoms with E-state index in [9.17, 15) is 0 Å². The Labute approximate surface area is 143 Å². The number of hydrogen-bond donors (Lipinski definition) is 2. The lowest BCUT2D eigenvalue weighted by Crippen LogP contribution is -2.43. The van der Waals surface area contributed by atoms with Crippen molar-refractivity contribution in [2.75, 3.05) is 0 Å². The van der Waals surface area contributed by atoms with Crippen LogP contribution in [0.4, 0.5) is 0 Å². The van der Waals surface area contributed by atoms with Crippen LogP contribution in [0.25, 0.3) is 11.4 Å². The van der Waals surface area contributed by atoms with Crippen LogP contribution in [0.1, 0.15) is 43.5 Å². The molecule has 124 valence electrons. The lowest BCUT2D eigenvalue weighted by atomic mass is 9.85. The molecule has 24 heavy (non-hydrogen) atoms. The third kappa shape index (κ3) is 3.34. The topological polar surface area (TPSA) is 53.6 Å². The summed E-state index contributed by atoms with van der Waals surface area (Å²) in [6, 6.07) is 13.9. The van der Waals surface area contributed by atoms with Gasteiger partial charge < -0.3 is 10.3 Å². The Hall–Kier alpha value is -2.20. The zero-order valence-electron chi connectivity index (χ0n) is 14.1. The van der Waals surface area contributed by atoms with Crippen molar-refractivity contribution in [1.29, 1.82) is 0 Å². The number of fused-ring (bicyclic) bond motifs is 1. The first kappa shape index (κ1) is 15.3. The maximum absolute atomic E-state index is 4.64. The summed E-state index contributed by atoms with van der Waals surface area (Å²) in [5.41, 5.74) is 3.46. The van der Waals surface area contributed by atoms with E-state index in [-0.39, 0.29) is 0 Å². The Kier molecular flexibility index (Phi) is 4.30. The third-order valence-electron chi connectivity index (χ3n) is 5.06. The number of aryl methyl sites for hydroxylation is 1. The van der Waals surface area contributed by atoms with Crippen molar-refractivity contribution in [2.45, 2.75) is 50.6 Å². The van der Waals surface area contributed by atoms with Crippen LogP contribution in [0.15, 0.2) is 48.8 Å². The highest BCUT2D eigenvalue weighted by Crippen LogP contribution is 2.31. The predicted octanol–water partition coefficient (Wildman–Crippen LogP) is 3.77. The van der Waals surface area contributed by atoms with Gasteiger partial charge in [0.1, 0.15) is 11.5 Å². The fraction of sp³-hybridized carbons (Fsp3) is 0.400. The molecule has 3 unspecified atom stereocenters. The standard InChI is InChI=1S/C20H24N4/c1-14-11-16(20-22-13-19-18(24-20)9-10-21-19)12-17(23-14)8-7-15-5-3-2-4-6-15/h2-6,9-10,13-14,16-17,23H,7-8,11-12H2,1H3,(H,22,24). The first-order valence-corrected chi connectivity index (χ1v) is 8.87. The van der Waals surface area contributed by atoms with Gasteiger partial charge in [-0.25, -0.2) is 4.98 Å². The molecular weight excluding hydrogens is 296 g/mol. The van der Waals surface area contributed by atoms with E-state index in [1.165, 1.54) is 12.0 Å². The van der Waals surface area contributed by atoms with E-state index in [1.807, 2.05) is 18.5 Å². The normalized spacial score (nSPS) is 24.3. The SMILES string of the molecule is CC1CC(c2ncc3nccc-3[nH]2)CC(CCc2ccccc2)N1. The molecule has 4 heteroatoms. The van der Waals surface area contributed by atoms with Gasteiger partial charge in [-0.15, -0.1) is 0 Å². The molecule has 4 rings (SSSR count). The third-order valence-corrected chi connectivity index (χ3v) is 5.06. The lowest BCUT2D eigenvalue weighted by Gasteiger charge is -2.34. The maximum Gasteiger partial charge on any atom is 0.109 e. The van der Waals surface area contributed by atoms with Crippen molar-refractivity contribution in [3.8, 4) is 11.4 Å². The molecule has 4 nitrogen and oxygen atoms in total. The minimum absolute atomic E-state index is 0.487. The Morgan fingerprint density at radius 1 is 1.08 bits per heavy atom. The lowest BCUT2D eigenvalue weighted by molar-refractivity contribution is 0.285. The van der Waals surface area contributed by atoms with Gasteiger partial charge >= 0.3 is 0 Å². The number of hydrogen-bond acceptors (Lipinski definition) is 3. The predicted molar refractivity (Wildman–Crippen MR) is 96.1 cm³/mol. The smallest absolute Gasteiger partial charge is 0.109 e. The van der Waals surface area contributed by atoms with Crippen molar-refractivity contribution in [3.63, 3.8) is 0 Å². The van der Waals surface area contributed by atoms with Crippen LogP contribution in [0, 0.1) is 0 Å². The zero-order chi connectivity index (χ0) is 16.4. The summed E-state index contributed by atoms with van der Waals surface area (Å²) >= 11 is 0. The molecule has 2 N–H and O–H groups in total. The first-order valence-electron chi connectivity index (χ1n) is 8.87. The quantitative estimate of drug-likeness (QED) is 0.769. The van der Waals surface area contributed by atoms with E-state index in [1.54, 1.807) is 0 Å². The molecule has 0 amide bonds. The van der Waals surface area contributed by atoms with Gasteiger partial charge in [0.2, 0.25) is 0 Å². The Morgan fingerprint density at radius 2 is 1.96 bits per heavy atom. The highest BCUT2D eigenvalue weighted by atomic mass is 15.0. The Bertz CT molecular complexity index is 751. The fourth-order valence-corrected chi connectivity index (χ4v) is 3.88. The van der Waals surface area contributed by atoms with Crippen LogP contribution in [-0.2, 0) is 6.42 Å². The molecule has 0 bridgehead atoms. The van der Waals surface area contributed by atoms with Gasteiger partial charge in [-0.05, 0) is 44.2 Å². The number of nitrogens with zero attached hydrogens (tertiary/aromatic N) is 2. The molecule has 0 aromatic heterocycles. The molecule has 0 spiro atoms. The molecule has 0 radical (unpaired) electrons. The number of aromatic nitrogens is 3. The molecule has 3 atom stereocenters. The number of benzene rings is 1. The second-order valence-corrected chi connectivity index (χ2v) is 6.97. The van der Waals surface area contributed by atoms with Crippen molar-refractivity contribution in [1.82, 2.24) is 20.3 Å². The second-order valence-electron chi connectivity index (χ2n) is 6.97. The average Bonchev–Trinajstić information content (AvgIpc) is 3.08. The molecule has 3 aliphatic heterocycles. The summed E-state index contributed by atoms with van der Waals surface area (Å²) < 4.78 is 0. The van der Waals surface area contributed by atoms with Crippen molar-refractivity contribution < 1.29 is 0 Å². The van der Waals surface area contributed by atoms with Gasteiger partial charge in [-0.2, -0.15) is 0 Å². The molecule has 1 aromatic carbocycles. The molecule has 3 heterocycles. The summed E-state index contributed by atoms with van der Waals surface area (Å²) in [6.07, 6.45) is 8.30. The monoisotopic (exact) mass is 320 g/mol. The van der Waals surface area contributed by atoms with E-state index >= 15 is 0 Å². The average molecular weight is 320 g/mol. The number of H-pyrrole nitrogens is 1. The van der Waals surface area contributed by atoms with Crippen LogP contribution in [0.5, 0.6) is 0 Å². The van der Waals surface area contributed by atoms with Gasteiger partial charge in [0, 0.05) is 24.2 Å². The number of rotatable bonds is 4. The van der Waals surface area contributed by atoms with Gasteiger partial charge in [-0.1, -0.05) is 30.3 Å². The van der Waals surface area contributed by atoms with Gasteiger partial charge in [0.05, 0.1) is 11.9 Å². The zero-order valence-corrected chi connectivity index (χ0v) is 14.1. The summed E-state index contributed by atoms with van der Waals surface area (Å²) in [5, 5.41) is 3.76. The van der Waals surface area contributed by atoms with Gasteiger partial charge in [0.15, 0.2) is 0 Å².